The molecule has 4 heterocycles. The van der Waals surface area contributed by atoms with E-state index in [1.54, 1.807) is 18.6 Å². The molecule has 0 bridgehead atoms. The molecule has 2 atom stereocenters. The van der Waals surface area contributed by atoms with Gasteiger partial charge in [-0.3, -0.25) is 19.5 Å². The van der Waals surface area contributed by atoms with Crippen LogP contribution >= 0.6 is 11.3 Å². The summed E-state index contributed by atoms with van der Waals surface area (Å²) in [6, 6.07) is 2.89. The normalized spacial score (nSPS) is 19.7. The highest BCUT2D eigenvalue weighted by atomic mass is 32.1. The first kappa shape index (κ1) is 22.0. The third kappa shape index (κ3) is 5.56. The van der Waals surface area contributed by atoms with Crippen LogP contribution in [0.3, 0.4) is 0 Å². The Morgan fingerprint density at radius 3 is 2.87 bits per heavy atom. The lowest BCUT2D eigenvalue weighted by Crippen LogP contribution is -2.39. The monoisotopic (exact) mass is 440 g/mol. The number of aliphatic hydroxyl groups is 1. The smallest absolute Gasteiger partial charge is 0.0967 e. The molecule has 1 aliphatic heterocycles. The van der Waals surface area contributed by atoms with Gasteiger partial charge in [-0.25, -0.2) is 0 Å². The molecule has 0 spiro atoms. The van der Waals surface area contributed by atoms with E-state index in [-0.39, 0.29) is 6.61 Å². The third-order valence-electron chi connectivity index (χ3n) is 6.20. The maximum Gasteiger partial charge on any atom is 0.0967 e. The molecule has 0 aromatic carbocycles. The number of rotatable bonds is 9. The van der Waals surface area contributed by atoms with Crippen LogP contribution in [0.1, 0.15) is 59.3 Å². The summed E-state index contributed by atoms with van der Waals surface area (Å²) in [4.78, 5) is 13.8. The SMILES string of the molecule is CCc1cc(C2CCN(Cc3cn(CCc4cnccn4)nn3)[C@@H](C)C2)c(CCO)s1. The zero-order valence-electron chi connectivity index (χ0n) is 18.4. The highest BCUT2D eigenvalue weighted by molar-refractivity contribution is 7.12. The Labute approximate surface area is 188 Å². The molecule has 3 aromatic heterocycles. The summed E-state index contributed by atoms with van der Waals surface area (Å²) in [6.45, 7) is 7.43. The predicted octanol–water partition coefficient (Wildman–Crippen LogP) is 3.24. The van der Waals surface area contributed by atoms with E-state index in [0.717, 1.165) is 63.1 Å². The quantitative estimate of drug-likeness (QED) is 0.550. The number of nitrogens with zero attached hydrogens (tertiary/aromatic N) is 6. The second-order valence-electron chi connectivity index (χ2n) is 8.38. The summed E-state index contributed by atoms with van der Waals surface area (Å²) in [6.07, 6.45) is 12.2. The molecule has 7 nitrogen and oxygen atoms in total. The molecule has 1 unspecified atom stereocenters. The van der Waals surface area contributed by atoms with Crippen molar-refractivity contribution in [2.24, 2.45) is 0 Å². The van der Waals surface area contributed by atoms with E-state index in [0.29, 0.717) is 12.0 Å². The Balaban J connectivity index is 1.33. The van der Waals surface area contributed by atoms with Crippen molar-refractivity contribution in [1.29, 1.82) is 0 Å². The van der Waals surface area contributed by atoms with E-state index < -0.39 is 0 Å². The lowest BCUT2D eigenvalue weighted by Gasteiger charge is -2.37. The largest absolute Gasteiger partial charge is 0.396 e. The predicted molar refractivity (Wildman–Crippen MR) is 122 cm³/mol. The fraction of sp³-hybridized carbons (Fsp3) is 0.565. The fourth-order valence-corrected chi connectivity index (χ4v) is 5.66. The van der Waals surface area contributed by atoms with Gasteiger partial charge in [-0.05, 0) is 50.3 Å². The highest BCUT2D eigenvalue weighted by Crippen LogP contribution is 2.38. The van der Waals surface area contributed by atoms with Gasteiger partial charge >= 0.3 is 0 Å². The van der Waals surface area contributed by atoms with Gasteiger partial charge in [0.05, 0.1) is 11.4 Å². The van der Waals surface area contributed by atoms with Gasteiger partial charge in [0.15, 0.2) is 0 Å². The molecule has 0 aliphatic carbocycles. The van der Waals surface area contributed by atoms with E-state index in [9.17, 15) is 5.11 Å². The third-order valence-corrected chi connectivity index (χ3v) is 7.55. The molecule has 31 heavy (non-hydrogen) atoms. The number of aromatic nitrogens is 5. The highest BCUT2D eigenvalue weighted by Gasteiger charge is 2.29. The van der Waals surface area contributed by atoms with Crippen molar-refractivity contribution in [2.75, 3.05) is 13.2 Å². The molecule has 166 valence electrons. The van der Waals surface area contributed by atoms with E-state index in [2.05, 4.69) is 51.3 Å². The van der Waals surface area contributed by atoms with Crippen LogP contribution in [-0.2, 0) is 32.4 Å². The van der Waals surface area contributed by atoms with Gasteiger partial charge in [-0.15, -0.1) is 16.4 Å². The van der Waals surface area contributed by atoms with Crippen LogP contribution in [0.2, 0.25) is 0 Å². The van der Waals surface area contributed by atoms with Gasteiger partial charge in [0.2, 0.25) is 0 Å². The lowest BCUT2D eigenvalue weighted by atomic mass is 9.85. The van der Waals surface area contributed by atoms with Crippen LogP contribution in [0.15, 0.2) is 30.9 Å². The van der Waals surface area contributed by atoms with E-state index in [1.807, 2.05) is 16.0 Å². The standard InChI is InChI=1S/C23H32N6OS/c1-3-21-13-22(23(31-21)6-11-30)18-4-9-28(17(2)12-18)15-20-16-29(27-26-20)10-5-19-14-24-7-8-25-19/h7-8,13-14,16-18,30H,3-6,9-12,15H2,1-2H3/t17-,18?/m0/s1. The van der Waals surface area contributed by atoms with Crippen molar-refractivity contribution in [1.82, 2.24) is 29.9 Å². The van der Waals surface area contributed by atoms with Gasteiger partial charge in [0.1, 0.15) is 0 Å². The molecule has 0 radical (unpaired) electrons. The summed E-state index contributed by atoms with van der Waals surface area (Å²) in [5.41, 5.74) is 3.47. The van der Waals surface area contributed by atoms with Crippen molar-refractivity contribution in [2.45, 2.75) is 71.0 Å². The first-order chi connectivity index (χ1) is 15.2. The Bertz CT molecular complexity index is 956. The van der Waals surface area contributed by atoms with Crippen molar-refractivity contribution in [3.05, 3.63) is 57.6 Å². The number of thiophene rings is 1. The van der Waals surface area contributed by atoms with Gasteiger partial charge in [0.25, 0.3) is 0 Å². The number of piperidine rings is 1. The van der Waals surface area contributed by atoms with Crippen LogP contribution in [0.25, 0.3) is 0 Å². The first-order valence-electron chi connectivity index (χ1n) is 11.3. The molecule has 1 N–H and O–H groups in total. The number of hydrogen-bond acceptors (Lipinski definition) is 7. The van der Waals surface area contributed by atoms with Crippen molar-refractivity contribution in [3.8, 4) is 0 Å². The number of hydrogen-bond donors (Lipinski definition) is 1. The molecule has 8 heteroatoms. The Kier molecular flexibility index (Phi) is 7.42. The number of aliphatic hydroxyl groups excluding tert-OH is 1. The van der Waals surface area contributed by atoms with Crippen LogP contribution in [0.4, 0.5) is 0 Å². The summed E-state index contributed by atoms with van der Waals surface area (Å²) < 4.78 is 1.90. The van der Waals surface area contributed by atoms with Gasteiger partial charge in [0, 0.05) is 73.1 Å². The van der Waals surface area contributed by atoms with Crippen LogP contribution in [0.5, 0.6) is 0 Å². The zero-order valence-corrected chi connectivity index (χ0v) is 19.3. The fourth-order valence-electron chi connectivity index (χ4n) is 4.47. The van der Waals surface area contributed by atoms with Crippen LogP contribution < -0.4 is 0 Å². The second kappa shape index (κ2) is 10.4. The van der Waals surface area contributed by atoms with Crippen LogP contribution in [0, 0.1) is 0 Å². The summed E-state index contributed by atoms with van der Waals surface area (Å²) in [5.74, 6) is 0.590. The minimum Gasteiger partial charge on any atom is -0.396 e. The topological polar surface area (TPSA) is 80.0 Å². The summed E-state index contributed by atoms with van der Waals surface area (Å²) in [5, 5.41) is 18.2. The Morgan fingerprint density at radius 1 is 1.23 bits per heavy atom. The number of likely N-dealkylation sites (tertiary alicyclic amines) is 1. The molecular weight excluding hydrogens is 408 g/mol. The zero-order chi connectivity index (χ0) is 21.6. The van der Waals surface area contributed by atoms with Gasteiger partial charge in [-0.1, -0.05) is 12.1 Å². The van der Waals surface area contributed by atoms with Crippen molar-refractivity contribution < 1.29 is 5.11 Å². The molecular formula is C23H32N6OS. The molecule has 0 saturated carbocycles. The maximum atomic E-state index is 9.46. The minimum atomic E-state index is 0.234. The first-order valence-corrected chi connectivity index (χ1v) is 12.1. The second-order valence-corrected chi connectivity index (χ2v) is 9.60. The molecule has 3 aromatic rings. The summed E-state index contributed by atoms with van der Waals surface area (Å²) in [7, 11) is 0. The van der Waals surface area contributed by atoms with E-state index in [1.165, 1.54) is 15.3 Å². The molecule has 1 aliphatic rings. The Morgan fingerprint density at radius 2 is 2.13 bits per heavy atom. The Hall–Kier alpha value is -2.16. The molecule has 0 amide bonds. The minimum absolute atomic E-state index is 0.234. The van der Waals surface area contributed by atoms with Crippen molar-refractivity contribution in [3.63, 3.8) is 0 Å². The maximum absolute atomic E-state index is 9.46. The van der Waals surface area contributed by atoms with Crippen LogP contribution in [-0.4, -0.2) is 54.2 Å². The van der Waals surface area contributed by atoms with Gasteiger partial charge in [-0.2, -0.15) is 0 Å². The van der Waals surface area contributed by atoms with Gasteiger partial charge < -0.3 is 5.11 Å². The number of aryl methyl sites for hydroxylation is 3. The van der Waals surface area contributed by atoms with E-state index in [4.69, 9.17) is 0 Å². The molecule has 1 saturated heterocycles. The molecule has 4 rings (SSSR count). The molecule has 1 fully saturated rings. The summed E-state index contributed by atoms with van der Waals surface area (Å²) >= 11 is 1.89. The average Bonchev–Trinajstić information content (AvgIpc) is 3.41. The van der Waals surface area contributed by atoms with E-state index >= 15 is 0 Å². The lowest BCUT2D eigenvalue weighted by molar-refractivity contribution is 0.137. The van der Waals surface area contributed by atoms with Crippen molar-refractivity contribution >= 4 is 11.3 Å². The average molecular weight is 441 g/mol.